The number of aromatic nitrogens is 2. The molecular formula is C25H39BN4O5S. The molecular weight excluding hydrogens is 479 g/mol. The molecule has 0 saturated carbocycles. The number of nitrogens with zero attached hydrogens (tertiary/aromatic N) is 2. The zero-order chi connectivity index (χ0) is 27.2. The third kappa shape index (κ3) is 5.63. The van der Waals surface area contributed by atoms with Crippen molar-refractivity contribution in [1.82, 2.24) is 14.5 Å². The summed E-state index contributed by atoms with van der Waals surface area (Å²) in [5.41, 5.74) is 2.20. The summed E-state index contributed by atoms with van der Waals surface area (Å²) in [5, 5.41) is 6.66. The molecule has 1 aromatic heterocycles. The molecule has 0 aliphatic carbocycles. The lowest BCUT2D eigenvalue weighted by molar-refractivity contribution is 0.00578. The van der Waals surface area contributed by atoms with Crippen molar-refractivity contribution in [3.63, 3.8) is 0 Å². The van der Waals surface area contributed by atoms with Crippen molar-refractivity contribution in [2.24, 2.45) is 0 Å². The van der Waals surface area contributed by atoms with E-state index in [0.29, 0.717) is 5.69 Å². The zero-order valence-electron chi connectivity index (χ0n) is 23.0. The summed E-state index contributed by atoms with van der Waals surface area (Å²) in [6.45, 7) is 19.9. The van der Waals surface area contributed by atoms with Crippen LogP contribution in [-0.2, 0) is 19.3 Å². The Morgan fingerprint density at radius 3 is 1.89 bits per heavy atom. The standard InChI is InChI=1S/C25H39BN4O5S/c1-15(2)19-13-18(26-34-24(7,8)25(9,10)35-26)14-20(16(3)4)22(19)27-23(31)29-36(32,33)21-11-12-30(28-21)17(5)6/h11-17H,1-10H3,(H2,27,29,31). The largest absolute Gasteiger partial charge is 0.494 e. The Hall–Kier alpha value is -2.37. The molecule has 1 aliphatic rings. The van der Waals surface area contributed by atoms with Crippen molar-refractivity contribution in [2.45, 2.75) is 103 Å². The van der Waals surface area contributed by atoms with E-state index < -0.39 is 34.4 Å². The van der Waals surface area contributed by atoms with Gasteiger partial charge in [-0.15, -0.1) is 0 Å². The van der Waals surface area contributed by atoms with Crippen LogP contribution in [0.5, 0.6) is 0 Å². The number of benzene rings is 1. The summed E-state index contributed by atoms with van der Waals surface area (Å²) in [4.78, 5) is 12.9. The minimum absolute atomic E-state index is 0.00697. The number of anilines is 1. The highest BCUT2D eigenvalue weighted by Gasteiger charge is 2.52. The van der Waals surface area contributed by atoms with Gasteiger partial charge in [-0.2, -0.15) is 13.5 Å². The highest BCUT2D eigenvalue weighted by molar-refractivity contribution is 7.90. The summed E-state index contributed by atoms with van der Waals surface area (Å²) in [6.07, 6.45) is 1.57. The van der Waals surface area contributed by atoms with Crippen LogP contribution in [0.3, 0.4) is 0 Å². The van der Waals surface area contributed by atoms with Gasteiger partial charge >= 0.3 is 13.1 Å². The van der Waals surface area contributed by atoms with E-state index in [-0.39, 0.29) is 22.9 Å². The molecule has 1 aliphatic heterocycles. The van der Waals surface area contributed by atoms with E-state index in [4.69, 9.17) is 9.31 Å². The smallest absolute Gasteiger partial charge is 0.399 e. The second-order valence-corrected chi connectivity index (χ2v) is 12.9. The molecule has 2 heterocycles. The van der Waals surface area contributed by atoms with Gasteiger partial charge in [-0.3, -0.25) is 4.68 Å². The average molecular weight is 518 g/mol. The van der Waals surface area contributed by atoms with E-state index in [0.717, 1.165) is 16.6 Å². The maximum absolute atomic E-state index is 12.9. The van der Waals surface area contributed by atoms with Crippen molar-refractivity contribution in [1.29, 1.82) is 0 Å². The lowest BCUT2D eigenvalue weighted by atomic mass is 9.75. The Bertz CT molecular complexity index is 1190. The Balaban J connectivity index is 1.94. The number of amides is 2. The van der Waals surface area contributed by atoms with Crippen molar-refractivity contribution in [3.8, 4) is 0 Å². The van der Waals surface area contributed by atoms with E-state index in [1.807, 2.05) is 81.4 Å². The third-order valence-electron chi connectivity index (χ3n) is 6.84. The van der Waals surface area contributed by atoms with Crippen LogP contribution in [0.25, 0.3) is 0 Å². The number of carbonyl (C=O) groups excluding carboxylic acids is 1. The minimum atomic E-state index is -4.14. The maximum atomic E-state index is 12.9. The summed E-state index contributed by atoms with van der Waals surface area (Å²) in [5.74, 6) is 0.0806. The number of nitrogens with one attached hydrogen (secondary N) is 2. The number of hydrogen-bond acceptors (Lipinski definition) is 6. The van der Waals surface area contributed by atoms with Crippen molar-refractivity contribution < 1.29 is 22.5 Å². The molecule has 11 heteroatoms. The first-order valence-corrected chi connectivity index (χ1v) is 13.9. The average Bonchev–Trinajstić information content (AvgIpc) is 3.30. The van der Waals surface area contributed by atoms with Crippen LogP contribution in [0.4, 0.5) is 10.5 Å². The fourth-order valence-electron chi connectivity index (χ4n) is 3.95. The first kappa shape index (κ1) is 28.2. The van der Waals surface area contributed by atoms with Crippen LogP contribution in [-0.4, -0.2) is 42.5 Å². The minimum Gasteiger partial charge on any atom is -0.399 e. The molecule has 1 fully saturated rings. The van der Waals surface area contributed by atoms with Gasteiger partial charge in [0.05, 0.1) is 11.2 Å². The van der Waals surface area contributed by atoms with Crippen molar-refractivity contribution in [3.05, 3.63) is 35.5 Å². The summed E-state index contributed by atoms with van der Waals surface area (Å²) < 4.78 is 41.7. The first-order chi connectivity index (χ1) is 16.4. The summed E-state index contributed by atoms with van der Waals surface area (Å²) in [7, 11) is -4.69. The van der Waals surface area contributed by atoms with E-state index in [1.165, 1.54) is 10.7 Å². The normalized spacial score (nSPS) is 17.3. The fourth-order valence-corrected chi connectivity index (χ4v) is 4.79. The van der Waals surface area contributed by atoms with Gasteiger partial charge in [-0.1, -0.05) is 39.8 Å². The quantitative estimate of drug-likeness (QED) is 0.522. The molecule has 0 bridgehead atoms. The van der Waals surface area contributed by atoms with E-state index in [9.17, 15) is 13.2 Å². The van der Waals surface area contributed by atoms with Gasteiger partial charge in [0.25, 0.3) is 10.0 Å². The van der Waals surface area contributed by atoms with Gasteiger partial charge in [0.1, 0.15) is 0 Å². The second kappa shape index (κ2) is 9.83. The second-order valence-electron chi connectivity index (χ2n) is 11.3. The highest BCUT2D eigenvalue weighted by atomic mass is 32.2. The van der Waals surface area contributed by atoms with Gasteiger partial charge in [-0.05, 0) is 76.0 Å². The fraction of sp³-hybridized carbons (Fsp3) is 0.600. The molecule has 0 spiro atoms. The van der Waals surface area contributed by atoms with Crippen LogP contribution >= 0.6 is 0 Å². The molecule has 0 atom stereocenters. The van der Waals surface area contributed by atoms with E-state index in [1.54, 1.807) is 6.20 Å². The number of carbonyl (C=O) groups is 1. The predicted molar refractivity (Wildman–Crippen MR) is 142 cm³/mol. The van der Waals surface area contributed by atoms with Gasteiger partial charge < -0.3 is 14.6 Å². The zero-order valence-corrected chi connectivity index (χ0v) is 23.8. The van der Waals surface area contributed by atoms with Gasteiger partial charge in [-0.25, -0.2) is 9.52 Å². The van der Waals surface area contributed by atoms with Crippen molar-refractivity contribution >= 4 is 34.3 Å². The van der Waals surface area contributed by atoms with E-state index in [2.05, 4.69) is 15.1 Å². The maximum Gasteiger partial charge on any atom is 0.494 e. The van der Waals surface area contributed by atoms with Crippen LogP contribution in [0, 0.1) is 0 Å². The topological polar surface area (TPSA) is 112 Å². The van der Waals surface area contributed by atoms with Crippen LogP contribution in [0.2, 0.25) is 0 Å². The molecule has 0 radical (unpaired) electrons. The molecule has 198 valence electrons. The molecule has 36 heavy (non-hydrogen) atoms. The molecule has 1 saturated heterocycles. The SMILES string of the molecule is CC(C)c1cc(B2OC(C)(C)C(C)(C)O2)cc(C(C)C)c1NC(=O)NS(=O)(=O)c1ccn(C(C)C)n1. The molecule has 2 N–H and O–H groups in total. The van der Waals surface area contributed by atoms with Gasteiger partial charge in [0, 0.05) is 17.9 Å². The lowest BCUT2D eigenvalue weighted by Gasteiger charge is -2.32. The van der Waals surface area contributed by atoms with E-state index >= 15 is 0 Å². The van der Waals surface area contributed by atoms with Crippen molar-refractivity contribution in [2.75, 3.05) is 5.32 Å². The van der Waals surface area contributed by atoms with Gasteiger partial charge in [0.15, 0.2) is 5.03 Å². The highest BCUT2D eigenvalue weighted by Crippen LogP contribution is 2.38. The Labute approximate surface area is 215 Å². The van der Waals surface area contributed by atoms with Crippen LogP contribution in [0.15, 0.2) is 29.4 Å². The Morgan fingerprint density at radius 2 is 1.47 bits per heavy atom. The number of hydrogen-bond donors (Lipinski definition) is 2. The third-order valence-corrected chi connectivity index (χ3v) is 8.07. The van der Waals surface area contributed by atoms with Crippen LogP contribution in [0.1, 0.15) is 98.2 Å². The molecule has 1 aromatic carbocycles. The lowest BCUT2D eigenvalue weighted by Crippen LogP contribution is -2.41. The molecule has 0 unspecified atom stereocenters. The predicted octanol–water partition coefficient (Wildman–Crippen LogP) is 4.52. The van der Waals surface area contributed by atoms with Gasteiger partial charge in [0.2, 0.25) is 0 Å². The summed E-state index contributed by atoms with van der Waals surface area (Å²) in [6, 6.07) is 4.45. The number of urea groups is 1. The molecule has 2 amide bonds. The molecule has 2 aromatic rings. The Morgan fingerprint density at radius 1 is 0.972 bits per heavy atom. The molecule has 3 rings (SSSR count). The Kier molecular flexibility index (Phi) is 7.70. The monoisotopic (exact) mass is 518 g/mol. The first-order valence-electron chi connectivity index (χ1n) is 12.4. The molecule has 9 nitrogen and oxygen atoms in total. The number of sulfonamides is 1. The summed E-state index contributed by atoms with van der Waals surface area (Å²) >= 11 is 0. The van der Waals surface area contributed by atoms with Crippen LogP contribution < -0.4 is 15.5 Å². The number of rotatable bonds is 7.